The van der Waals surface area contributed by atoms with Crippen molar-refractivity contribution in [1.82, 2.24) is 0 Å². The van der Waals surface area contributed by atoms with E-state index in [0.717, 1.165) is 16.8 Å². The lowest BCUT2D eigenvalue weighted by molar-refractivity contribution is 0.0698. The fraction of sp³-hybridized carbons (Fsp3) is 0.125. The third-order valence-electron chi connectivity index (χ3n) is 3.05. The highest BCUT2D eigenvalue weighted by Crippen LogP contribution is 2.18. The molecule has 0 atom stereocenters. The minimum Gasteiger partial charge on any atom is -0.478 e. The Kier molecular flexibility index (Phi) is 4.55. The summed E-state index contributed by atoms with van der Waals surface area (Å²) in [6.45, 7) is 3.98. The van der Waals surface area contributed by atoms with Crippen LogP contribution in [0.2, 0.25) is 0 Å². The number of aromatic carboxylic acids is 1. The second kappa shape index (κ2) is 6.37. The summed E-state index contributed by atoms with van der Waals surface area (Å²) < 4.78 is 0. The van der Waals surface area contributed by atoms with Crippen LogP contribution in [0.4, 0.5) is 11.4 Å². The molecule has 0 radical (unpaired) electrons. The first-order chi connectivity index (χ1) is 9.97. The van der Waals surface area contributed by atoms with Crippen molar-refractivity contribution in [3.8, 4) is 0 Å². The Morgan fingerprint density at radius 3 is 2.43 bits per heavy atom. The maximum atomic E-state index is 11.2. The summed E-state index contributed by atoms with van der Waals surface area (Å²) in [6.07, 6.45) is 0. The molecule has 0 aliphatic carbocycles. The van der Waals surface area contributed by atoms with Crippen LogP contribution in [0.5, 0.6) is 0 Å². The number of carbonyl (C=O) groups is 1. The molecular weight excluding hydrogens is 284 g/mol. The van der Waals surface area contributed by atoms with Gasteiger partial charge in [0, 0.05) is 5.69 Å². The topological polar surface area (TPSA) is 61.4 Å². The smallest absolute Gasteiger partial charge is 0.337 e. The molecular formula is C16H16N2O2S. The molecule has 4 nitrogen and oxygen atoms in total. The van der Waals surface area contributed by atoms with Crippen molar-refractivity contribution in [2.45, 2.75) is 13.8 Å². The van der Waals surface area contributed by atoms with Crippen molar-refractivity contribution in [2.24, 2.45) is 0 Å². The van der Waals surface area contributed by atoms with Crippen molar-refractivity contribution in [1.29, 1.82) is 0 Å². The highest BCUT2D eigenvalue weighted by Gasteiger charge is 2.10. The van der Waals surface area contributed by atoms with Crippen LogP contribution in [0.3, 0.4) is 0 Å². The van der Waals surface area contributed by atoms with Gasteiger partial charge in [0.2, 0.25) is 0 Å². The molecule has 0 aliphatic rings. The van der Waals surface area contributed by atoms with E-state index in [2.05, 4.69) is 10.6 Å². The van der Waals surface area contributed by atoms with Crippen LogP contribution in [0.15, 0.2) is 42.5 Å². The van der Waals surface area contributed by atoms with Gasteiger partial charge in [0.25, 0.3) is 0 Å². The summed E-state index contributed by atoms with van der Waals surface area (Å²) in [4.78, 5) is 11.2. The molecule has 108 valence electrons. The predicted octanol–water partition coefficient (Wildman–Crippen LogP) is 3.81. The minimum absolute atomic E-state index is 0.183. The van der Waals surface area contributed by atoms with E-state index in [1.165, 1.54) is 6.07 Å². The zero-order valence-electron chi connectivity index (χ0n) is 11.8. The summed E-state index contributed by atoms with van der Waals surface area (Å²) in [6, 6.07) is 12.7. The van der Waals surface area contributed by atoms with Gasteiger partial charge in [-0.2, -0.15) is 0 Å². The number of thiocarbonyl (C=S) groups is 1. The van der Waals surface area contributed by atoms with Crippen LogP contribution in [-0.2, 0) is 0 Å². The summed E-state index contributed by atoms with van der Waals surface area (Å²) in [7, 11) is 0. The third-order valence-corrected chi connectivity index (χ3v) is 3.25. The molecule has 3 N–H and O–H groups in total. The molecule has 2 aromatic rings. The van der Waals surface area contributed by atoms with Crippen molar-refractivity contribution in [3.63, 3.8) is 0 Å². The maximum absolute atomic E-state index is 11.2. The first kappa shape index (κ1) is 15.0. The molecule has 2 aromatic carbocycles. The monoisotopic (exact) mass is 300 g/mol. The normalized spacial score (nSPS) is 10.0. The summed E-state index contributed by atoms with van der Waals surface area (Å²) >= 11 is 5.25. The average Bonchev–Trinajstić information content (AvgIpc) is 2.43. The van der Waals surface area contributed by atoms with Gasteiger partial charge >= 0.3 is 5.97 Å². The standard InChI is InChI=1S/C16H16N2O2S/c1-10-7-8-11(2)14(9-10)18-16(21)17-13-6-4-3-5-12(13)15(19)20/h3-9H,1-2H3,(H,19,20)(H2,17,18,21). The predicted molar refractivity (Wildman–Crippen MR) is 89.2 cm³/mol. The molecule has 0 amide bonds. The van der Waals surface area contributed by atoms with Crippen molar-refractivity contribution in [2.75, 3.05) is 10.6 Å². The second-order valence-electron chi connectivity index (χ2n) is 4.75. The highest BCUT2D eigenvalue weighted by atomic mass is 32.1. The number of anilines is 2. The lowest BCUT2D eigenvalue weighted by Crippen LogP contribution is -2.21. The van der Waals surface area contributed by atoms with E-state index in [1.54, 1.807) is 18.2 Å². The fourth-order valence-electron chi connectivity index (χ4n) is 1.93. The summed E-state index contributed by atoms with van der Waals surface area (Å²) in [5.74, 6) is -0.993. The first-order valence-electron chi connectivity index (χ1n) is 6.45. The number of rotatable bonds is 3. The fourth-order valence-corrected chi connectivity index (χ4v) is 2.14. The average molecular weight is 300 g/mol. The molecule has 0 unspecified atom stereocenters. The first-order valence-corrected chi connectivity index (χ1v) is 6.86. The van der Waals surface area contributed by atoms with Crippen LogP contribution in [0.1, 0.15) is 21.5 Å². The van der Waals surface area contributed by atoms with Gasteiger partial charge in [0.15, 0.2) is 5.11 Å². The van der Waals surface area contributed by atoms with E-state index in [9.17, 15) is 4.79 Å². The molecule has 5 heteroatoms. The van der Waals surface area contributed by atoms with Gasteiger partial charge in [-0.05, 0) is 55.4 Å². The van der Waals surface area contributed by atoms with Crippen molar-refractivity contribution < 1.29 is 9.90 Å². The molecule has 0 aliphatic heterocycles. The second-order valence-corrected chi connectivity index (χ2v) is 5.16. The minimum atomic E-state index is -0.993. The summed E-state index contributed by atoms with van der Waals surface area (Å²) in [5.41, 5.74) is 3.74. The molecule has 0 bridgehead atoms. The Balaban J connectivity index is 2.16. The van der Waals surface area contributed by atoms with Gasteiger partial charge in [-0.3, -0.25) is 0 Å². The van der Waals surface area contributed by atoms with Crippen molar-refractivity contribution in [3.05, 3.63) is 59.2 Å². The molecule has 0 spiro atoms. The van der Waals surface area contributed by atoms with Crippen LogP contribution < -0.4 is 10.6 Å². The van der Waals surface area contributed by atoms with E-state index in [4.69, 9.17) is 17.3 Å². The van der Waals surface area contributed by atoms with Crippen LogP contribution >= 0.6 is 12.2 Å². The van der Waals surface area contributed by atoms with Crippen LogP contribution in [0, 0.1) is 13.8 Å². The number of carboxylic acids is 1. The highest BCUT2D eigenvalue weighted by molar-refractivity contribution is 7.80. The lowest BCUT2D eigenvalue weighted by Gasteiger charge is -2.14. The largest absolute Gasteiger partial charge is 0.478 e. The van der Waals surface area contributed by atoms with Crippen molar-refractivity contribution >= 4 is 34.7 Å². The number of aryl methyl sites for hydroxylation is 2. The van der Waals surface area contributed by atoms with Gasteiger partial charge in [0.05, 0.1) is 11.3 Å². The molecule has 21 heavy (non-hydrogen) atoms. The van der Waals surface area contributed by atoms with Gasteiger partial charge in [-0.15, -0.1) is 0 Å². The number of hydrogen-bond donors (Lipinski definition) is 3. The Morgan fingerprint density at radius 1 is 1.05 bits per heavy atom. The van der Waals surface area contributed by atoms with E-state index < -0.39 is 5.97 Å². The van der Waals surface area contributed by atoms with E-state index >= 15 is 0 Å². The molecule has 0 saturated heterocycles. The molecule has 0 saturated carbocycles. The van der Waals surface area contributed by atoms with Crippen LogP contribution in [0.25, 0.3) is 0 Å². The molecule has 2 rings (SSSR count). The zero-order valence-corrected chi connectivity index (χ0v) is 12.6. The Labute approximate surface area is 128 Å². The number of nitrogens with one attached hydrogen (secondary N) is 2. The lowest BCUT2D eigenvalue weighted by atomic mass is 10.1. The molecule has 0 heterocycles. The van der Waals surface area contributed by atoms with Gasteiger partial charge in [-0.1, -0.05) is 24.3 Å². The number of hydrogen-bond acceptors (Lipinski definition) is 2. The SMILES string of the molecule is Cc1ccc(C)c(NC(=S)Nc2ccccc2C(=O)O)c1. The number of para-hydroxylation sites is 1. The van der Waals surface area contributed by atoms with Gasteiger partial charge < -0.3 is 15.7 Å². The zero-order chi connectivity index (χ0) is 15.4. The van der Waals surface area contributed by atoms with Crippen LogP contribution in [-0.4, -0.2) is 16.2 Å². The Bertz CT molecular complexity index is 698. The molecule has 0 fully saturated rings. The van der Waals surface area contributed by atoms with E-state index in [0.29, 0.717) is 10.8 Å². The molecule has 0 aromatic heterocycles. The third kappa shape index (κ3) is 3.79. The Hall–Kier alpha value is -2.40. The van der Waals surface area contributed by atoms with Gasteiger partial charge in [0.1, 0.15) is 0 Å². The quantitative estimate of drug-likeness (QED) is 0.752. The number of benzene rings is 2. The van der Waals surface area contributed by atoms with Gasteiger partial charge in [-0.25, -0.2) is 4.79 Å². The Morgan fingerprint density at radius 2 is 1.71 bits per heavy atom. The van der Waals surface area contributed by atoms with E-state index in [-0.39, 0.29) is 5.56 Å². The summed E-state index contributed by atoms with van der Waals surface area (Å²) in [5, 5.41) is 15.5. The number of carboxylic acid groups (broad SMARTS) is 1. The maximum Gasteiger partial charge on any atom is 0.337 e. The van der Waals surface area contributed by atoms with E-state index in [1.807, 2.05) is 32.0 Å².